The Morgan fingerprint density at radius 1 is 1.29 bits per heavy atom. The highest BCUT2D eigenvalue weighted by molar-refractivity contribution is 6.30. The van der Waals surface area contributed by atoms with Crippen LogP contribution in [0.4, 0.5) is 4.39 Å². The highest BCUT2D eigenvalue weighted by Gasteiger charge is 2.56. The summed E-state index contributed by atoms with van der Waals surface area (Å²) in [5.41, 5.74) is 6.27. The maximum absolute atomic E-state index is 14.4. The van der Waals surface area contributed by atoms with E-state index in [-0.39, 0.29) is 46.6 Å². The fourth-order valence-corrected chi connectivity index (χ4v) is 5.01. The molecule has 9 nitrogen and oxygen atoms in total. The molecule has 0 spiro atoms. The van der Waals surface area contributed by atoms with E-state index in [2.05, 4.69) is 15.4 Å². The molecule has 11 heteroatoms. The number of rotatable bonds is 6. The van der Waals surface area contributed by atoms with Crippen LogP contribution in [0.1, 0.15) is 41.9 Å². The standard InChI is InChI=1S/C23H22ClFN6O3/c1-11(13-3-2-4-15(24)20(13)25)28-23(34)17-8-12-7-16(12)31(17)19(32)10-30-18-9-27-6-5-14(18)21(29-30)22(26)33/h2-6,9,11-12,16-17H,7-8,10H2,1H3,(H2,26,33)(H,28,34)/t11-,12?,16+,17-/m0/s1. The Labute approximate surface area is 199 Å². The fraction of sp³-hybridized carbons (Fsp3) is 0.348. The molecule has 1 unspecified atom stereocenters. The van der Waals surface area contributed by atoms with Crippen LogP contribution in [-0.4, -0.2) is 49.5 Å². The quantitative estimate of drug-likeness (QED) is 0.555. The molecular formula is C23H22ClFN6O3. The minimum Gasteiger partial charge on any atom is -0.364 e. The van der Waals surface area contributed by atoms with E-state index < -0.39 is 23.8 Å². The normalized spacial score (nSPS) is 21.9. The molecule has 2 fully saturated rings. The van der Waals surface area contributed by atoms with Gasteiger partial charge in [0.15, 0.2) is 5.69 Å². The lowest BCUT2D eigenvalue weighted by Gasteiger charge is -2.28. The molecule has 3 N–H and O–H groups in total. The van der Waals surface area contributed by atoms with Crippen molar-refractivity contribution in [1.29, 1.82) is 0 Å². The van der Waals surface area contributed by atoms with Gasteiger partial charge in [-0.1, -0.05) is 23.7 Å². The number of benzene rings is 1. The topological polar surface area (TPSA) is 123 Å². The Kier molecular flexibility index (Phi) is 5.47. The van der Waals surface area contributed by atoms with Crippen LogP contribution in [-0.2, 0) is 16.1 Å². The summed E-state index contributed by atoms with van der Waals surface area (Å²) in [6, 6.07) is 4.93. The lowest BCUT2D eigenvalue weighted by molar-refractivity contribution is -0.140. The largest absolute Gasteiger partial charge is 0.364 e. The van der Waals surface area contributed by atoms with E-state index in [0.717, 1.165) is 6.42 Å². The number of hydrogen-bond acceptors (Lipinski definition) is 5. The van der Waals surface area contributed by atoms with Gasteiger partial charge in [0.05, 0.1) is 22.8 Å². The van der Waals surface area contributed by atoms with Crippen LogP contribution in [0.5, 0.6) is 0 Å². The van der Waals surface area contributed by atoms with Crippen molar-refractivity contribution < 1.29 is 18.8 Å². The second-order valence-corrected chi connectivity index (χ2v) is 9.16. The van der Waals surface area contributed by atoms with Gasteiger partial charge in [0.1, 0.15) is 18.4 Å². The van der Waals surface area contributed by atoms with E-state index in [0.29, 0.717) is 17.3 Å². The zero-order valence-electron chi connectivity index (χ0n) is 18.2. The van der Waals surface area contributed by atoms with E-state index in [1.165, 1.54) is 23.1 Å². The van der Waals surface area contributed by atoms with Crippen LogP contribution >= 0.6 is 11.6 Å². The van der Waals surface area contributed by atoms with Gasteiger partial charge in [0, 0.05) is 23.2 Å². The summed E-state index contributed by atoms with van der Waals surface area (Å²) >= 11 is 5.87. The van der Waals surface area contributed by atoms with E-state index in [1.54, 1.807) is 30.0 Å². The molecule has 1 aliphatic heterocycles. The number of nitrogens with two attached hydrogens (primary N) is 1. The van der Waals surface area contributed by atoms with Gasteiger partial charge in [-0.15, -0.1) is 0 Å². The Hall–Kier alpha value is -3.53. The smallest absolute Gasteiger partial charge is 0.269 e. The van der Waals surface area contributed by atoms with Crippen LogP contribution in [0, 0.1) is 11.7 Å². The summed E-state index contributed by atoms with van der Waals surface area (Å²) < 4.78 is 15.8. The average Bonchev–Trinajstić information content (AvgIpc) is 3.30. The third-order valence-electron chi connectivity index (χ3n) is 6.57. The van der Waals surface area contributed by atoms with Gasteiger partial charge in [-0.3, -0.25) is 24.0 Å². The first kappa shape index (κ1) is 22.3. The van der Waals surface area contributed by atoms with Gasteiger partial charge in [-0.25, -0.2) is 4.39 Å². The molecule has 5 rings (SSSR count). The minimum atomic E-state index is -0.703. The molecule has 34 heavy (non-hydrogen) atoms. The van der Waals surface area contributed by atoms with E-state index in [9.17, 15) is 18.8 Å². The number of carbonyl (C=O) groups excluding carboxylic acids is 3. The summed E-state index contributed by atoms with van der Waals surface area (Å²) in [7, 11) is 0. The number of piperidine rings is 1. The molecule has 1 saturated carbocycles. The zero-order valence-corrected chi connectivity index (χ0v) is 19.0. The molecule has 176 valence electrons. The molecule has 1 aromatic carbocycles. The second kappa shape index (κ2) is 8.35. The van der Waals surface area contributed by atoms with Crippen LogP contribution in [0.15, 0.2) is 36.7 Å². The summed E-state index contributed by atoms with van der Waals surface area (Å²) in [5, 5.41) is 7.52. The van der Waals surface area contributed by atoms with E-state index in [1.807, 2.05) is 0 Å². The van der Waals surface area contributed by atoms with Crippen molar-refractivity contribution in [2.75, 3.05) is 0 Å². The predicted molar refractivity (Wildman–Crippen MR) is 121 cm³/mol. The van der Waals surface area contributed by atoms with E-state index >= 15 is 0 Å². The molecule has 3 amide bonds. The number of fused-ring (bicyclic) bond motifs is 2. The van der Waals surface area contributed by atoms with Crippen molar-refractivity contribution in [3.63, 3.8) is 0 Å². The Balaban J connectivity index is 1.35. The first-order chi connectivity index (χ1) is 16.3. The van der Waals surface area contributed by atoms with Crippen molar-refractivity contribution in [1.82, 2.24) is 25.0 Å². The summed E-state index contributed by atoms with van der Waals surface area (Å²) in [5.74, 6) is -1.67. The van der Waals surface area contributed by atoms with Crippen LogP contribution < -0.4 is 11.1 Å². The number of halogens is 2. The number of likely N-dealkylation sites (tertiary alicyclic amines) is 1. The maximum atomic E-state index is 14.4. The lowest BCUT2D eigenvalue weighted by atomic mass is 10.1. The Morgan fingerprint density at radius 2 is 2.09 bits per heavy atom. The average molecular weight is 485 g/mol. The number of amides is 3. The third-order valence-corrected chi connectivity index (χ3v) is 6.87. The van der Waals surface area contributed by atoms with Crippen molar-refractivity contribution >= 4 is 40.2 Å². The van der Waals surface area contributed by atoms with Crippen molar-refractivity contribution in [3.8, 4) is 0 Å². The molecule has 4 atom stereocenters. The molecular weight excluding hydrogens is 463 g/mol. The summed E-state index contributed by atoms with van der Waals surface area (Å²) in [6.45, 7) is 1.50. The van der Waals surface area contributed by atoms with Gasteiger partial charge in [0.2, 0.25) is 11.8 Å². The monoisotopic (exact) mass is 484 g/mol. The van der Waals surface area contributed by atoms with Crippen LogP contribution in [0.25, 0.3) is 10.9 Å². The maximum Gasteiger partial charge on any atom is 0.269 e. The lowest BCUT2D eigenvalue weighted by Crippen LogP contribution is -2.49. The molecule has 3 aromatic rings. The first-order valence-corrected chi connectivity index (χ1v) is 11.3. The first-order valence-electron chi connectivity index (χ1n) is 10.9. The minimum absolute atomic E-state index is 0.0166. The van der Waals surface area contributed by atoms with Crippen molar-refractivity contribution in [2.24, 2.45) is 11.7 Å². The molecule has 0 bridgehead atoms. The fourth-order valence-electron chi connectivity index (χ4n) is 4.82. The Bertz CT molecular complexity index is 1330. The third kappa shape index (κ3) is 3.77. The highest BCUT2D eigenvalue weighted by atomic mass is 35.5. The van der Waals surface area contributed by atoms with Gasteiger partial charge >= 0.3 is 0 Å². The summed E-state index contributed by atoms with van der Waals surface area (Å²) in [6.07, 6.45) is 4.41. The number of nitrogens with one attached hydrogen (secondary N) is 1. The van der Waals surface area contributed by atoms with E-state index in [4.69, 9.17) is 17.3 Å². The molecule has 0 radical (unpaired) electrons. The molecule has 1 aliphatic carbocycles. The number of nitrogens with zero attached hydrogens (tertiary/aromatic N) is 4. The number of primary amides is 1. The highest BCUT2D eigenvalue weighted by Crippen LogP contribution is 2.48. The zero-order chi connectivity index (χ0) is 24.1. The molecule has 2 aromatic heterocycles. The Morgan fingerprint density at radius 3 is 2.85 bits per heavy atom. The molecule has 3 heterocycles. The molecule has 2 aliphatic rings. The van der Waals surface area contributed by atoms with Crippen LogP contribution in [0.2, 0.25) is 5.02 Å². The number of hydrogen-bond donors (Lipinski definition) is 2. The predicted octanol–water partition coefficient (Wildman–Crippen LogP) is 2.19. The van der Waals surface area contributed by atoms with Crippen molar-refractivity contribution in [3.05, 3.63) is 58.8 Å². The number of carbonyl (C=O) groups is 3. The van der Waals surface area contributed by atoms with Gasteiger partial charge in [0.25, 0.3) is 5.91 Å². The van der Waals surface area contributed by atoms with Gasteiger partial charge < -0.3 is 16.0 Å². The SMILES string of the molecule is C[C@H](NC(=O)[C@@H]1CC2C[C@H]2N1C(=O)Cn1nc(C(N)=O)c2ccncc21)c1cccc(Cl)c1F. The summed E-state index contributed by atoms with van der Waals surface area (Å²) in [4.78, 5) is 43.8. The second-order valence-electron chi connectivity index (χ2n) is 8.75. The number of pyridine rings is 1. The number of aromatic nitrogens is 3. The van der Waals surface area contributed by atoms with Gasteiger partial charge in [-0.05, 0) is 37.8 Å². The molecule has 1 saturated heterocycles. The van der Waals surface area contributed by atoms with Crippen molar-refractivity contribution in [2.45, 2.75) is 44.4 Å². The van der Waals surface area contributed by atoms with Gasteiger partial charge in [-0.2, -0.15) is 5.10 Å². The van der Waals surface area contributed by atoms with Crippen LogP contribution in [0.3, 0.4) is 0 Å².